The summed E-state index contributed by atoms with van der Waals surface area (Å²) >= 11 is 0. The van der Waals surface area contributed by atoms with Gasteiger partial charge in [0.25, 0.3) is 17.8 Å². The van der Waals surface area contributed by atoms with Crippen LogP contribution in [0.5, 0.6) is 5.75 Å². The second kappa shape index (κ2) is 12.6. The minimum Gasteiger partial charge on any atom is -0.483 e. The van der Waals surface area contributed by atoms with E-state index in [2.05, 4.69) is 72.7 Å². The quantitative estimate of drug-likeness (QED) is 0.346. The Balaban J connectivity index is 1.48. The van der Waals surface area contributed by atoms with Crippen LogP contribution in [0.25, 0.3) is 0 Å². The lowest BCUT2D eigenvalue weighted by molar-refractivity contribution is -0.137. The number of carbonyl (C=O) groups is 2. The molecule has 1 heterocycles. The van der Waals surface area contributed by atoms with Gasteiger partial charge in [-0.15, -0.1) is 5.10 Å². The predicted molar refractivity (Wildman–Crippen MR) is 155 cm³/mol. The van der Waals surface area contributed by atoms with Crippen LogP contribution in [0.1, 0.15) is 93.3 Å². The van der Waals surface area contributed by atoms with Gasteiger partial charge in [-0.3, -0.25) is 14.9 Å². The van der Waals surface area contributed by atoms with Crippen LogP contribution in [-0.2, 0) is 11.3 Å². The number of hydrogen-bond donors (Lipinski definition) is 2. The summed E-state index contributed by atoms with van der Waals surface area (Å²) in [4.78, 5) is 28.2. The van der Waals surface area contributed by atoms with Gasteiger partial charge in [0.05, 0.1) is 0 Å². The average molecular weight is 547 g/mol. The largest absolute Gasteiger partial charge is 0.483 e. The van der Waals surface area contributed by atoms with Crippen LogP contribution in [0.2, 0.25) is 0 Å². The van der Waals surface area contributed by atoms with Gasteiger partial charge in [0.15, 0.2) is 6.61 Å². The Morgan fingerprint density at radius 2 is 1.77 bits per heavy atom. The van der Waals surface area contributed by atoms with E-state index in [4.69, 9.17) is 4.74 Å². The number of benzene rings is 2. The molecule has 1 saturated carbocycles. The molecule has 2 aromatic carbocycles. The van der Waals surface area contributed by atoms with E-state index in [0.717, 1.165) is 48.1 Å². The number of carbonyl (C=O) groups excluding carboxylic acids is 2. The van der Waals surface area contributed by atoms with Gasteiger partial charge < -0.3 is 9.64 Å². The van der Waals surface area contributed by atoms with Crippen molar-refractivity contribution >= 4 is 17.8 Å². The van der Waals surface area contributed by atoms with E-state index >= 15 is 0 Å². The lowest BCUT2D eigenvalue weighted by Crippen LogP contribution is -2.45. The van der Waals surface area contributed by atoms with Gasteiger partial charge in [0.1, 0.15) is 5.75 Å². The number of hydrogen-bond acceptors (Lipinski definition) is 6. The molecule has 4 rings (SSSR count). The Morgan fingerprint density at radius 1 is 1.07 bits per heavy atom. The highest BCUT2D eigenvalue weighted by Crippen LogP contribution is 2.39. The van der Waals surface area contributed by atoms with E-state index in [1.165, 1.54) is 0 Å². The SMILES string of the molecule is Cc1ccc(C(C)C)c(OCC(=O)N(Cc2ccc(C(=O)Nc3nn[nH]n3)cc2)C2CCC(C(C)(C)C)CC2)c1. The van der Waals surface area contributed by atoms with Gasteiger partial charge in [0, 0.05) is 18.2 Å². The Morgan fingerprint density at radius 3 is 2.38 bits per heavy atom. The summed E-state index contributed by atoms with van der Waals surface area (Å²) in [6.07, 6.45) is 4.15. The van der Waals surface area contributed by atoms with Crippen molar-refractivity contribution in [2.24, 2.45) is 11.3 Å². The lowest BCUT2D eigenvalue weighted by atomic mass is 9.71. The fraction of sp³-hybridized carbons (Fsp3) is 0.516. The van der Waals surface area contributed by atoms with Crippen LogP contribution >= 0.6 is 0 Å². The molecule has 214 valence electrons. The Hall–Kier alpha value is -3.75. The molecular formula is C31H42N6O3. The van der Waals surface area contributed by atoms with Gasteiger partial charge in [0.2, 0.25) is 0 Å². The lowest BCUT2D eigenvalue weighted by Gasteiger charge is -2.41. The van der Waals surface area contributed by atoms with Gasteiger partial charge in [-0.2, -0.15) is 5.21 Å². The van der Waals surface area contributed by atoms with Crippen molar-refractivity contribution in [3.63, 3.8) is 0 Å². The van der Waals surface area contributed by atoms with Crippen LogP contribution in [0.15, 0.2) is 42.5 Å². The predicted octanol–water partition coefficient (Wildman–Crippen LogP) is 5.90. The number of anilines is 1. The molecule has 1 aromatic heterocycles. The summed E-state index contributed by atoms with van der Waals surface area (Å²) in [7, 11) is 0. The maximum Gasteiger partial charge on any atom is 0.270 e. The zero-order valence-electron chi connectivity index (χ0n) is 24.5. The number of amides is 2. The molecule has 0 atom stereocenters. The number of nitrogens with zero attached hydrogens (tertiary/aromatic N) is 4. The fourth-order valence-electron chi connectivity index (χ4n) is 5.49. The standard InChI is InChI=1S/C31H42N6O3/c1-20(2)26-16-7-21(3)17-27(26)40-19-28(38)37(25-14-12-24(13-15-25)31(4,5)6)18-22-8-10-23(11-9-22)29(39)32-30-33-35-36-34-30/h7-11,16-17,20,24-25H,12-15,18-19H2,1-6H3,(H2,32,33,34,35,36,39). The second-order valence-corrected chi connectivity index (χ2v) is 12.3. The highest BCUT2D eigenvalue weighted by molar-refractivity contribution is 6.03. The van der Waals surface area contributed by atoms with Crippen LogP contribution in [0, 0.1) is 18.3 Å². The molecule has 9 heteroatoms. The molecule has 40 heavy (non-hydrogen) atoms. The highest BCUT2D eigenvalue weighted by atomic mass is 16.5. The molecule has 0 unspecified atom stereocenters. The van der Waals surface area contributed by atoms with E-state index in [1.54, 1.807) is 12.1 Å². The summed E-state index contributed by atoms with van der Waals surface area (Å²) in [6.45, 7) is 13.7. The smallest absolute Gasteiger partial charge is 0.270 e. The summed E-state index contributed by atoms with van der Waals surface area (Å²) in [5.74, 6) is 1.49. The Labute approximate surface area is 237 Å². The van der Waals surface area contributed by atoms with Crippen molar-refractivity contribution in [3.8, 4) is 5.75 Å². The number of aromatic amines is 1. The van der Waals surface area contributed by atoms with Crippen molar-refractivity contribution in [1.82, 2.24) is 25.5 Å². The minimum absolute atomic E-state index is 0.00639. The van der Waals surface area contributed by atoms with Crippen LogP contribution in [0.4, 0.5) is 5.95 Å². The first kappa shape index (κ1) is 29.2. The van der Waals surface area contributed by atoms with E-state index in [-0.39, 0.29) is 35.8 Å². The molecule has 0 aliphatic heterocycles. The molecule has 0 saturated heterocycles. The summed E-state index contributed by atoms with van der Waals surface area (Å²) in [6, 6.07) is 13.6. The third-order valence-electron chi connectivity index (χ3n) is 7.96. The van der Waals surface area contributed by atoms with E-state index in [1.807, 2.05) is 30.0 Å². The molecule has 1 aliphatic carbocycles. The second-order valence-electron chi connectivity index (χ2n) is 12.3. The number of nitrogens with one attached hydrogen (secondary N) is 2. The first-order chi connectivity index (χ1) is 19.0. The molecule has 2 amide bonds. The van der Waals surface area contributed by atoms with Crippen LogP contribution in [-0.4, -0.2) is 50.0 Å². The maximum absolute atomic E-state index is 13.7. The first-order valence-electron chi connectivity index (χ1n) is 14.2. The van der Waals surface area contributed by atoms with Gasteiger partial charge in [-0.25, -0.2) is 0 Å². The van der Waals surface area contributed by atoms with Crippen molar-refractivity contribution in [3.05, 3.63) is 64.7 Å². The molecule has 1 fully saturated rings. The molecule has 3 aromatic rings. The van der Waals surface area contributed by atoms with Crippen molar-refractivity contribution in [2.45, 2.75) is 85.7 Å². The summed E-state index contributed by atoms with van der Waals surface area (Å²) in [5, 5.41) is 15.9. The van der Waals surface area contributed by atoms with Crippen LogP contribution < -0.4 is 10.1 Å². The fourth-order valence-corrected chi connectivity index (χ4v) is 5.49. The molecule has 1 aliphatic rings. The van der Waals surface area contributed by atoms with Crippen LogP contribution in [0.3, 0.4) is 0 Å². The minimum atomic E-state index is -0.325. The van der Waals surface area contributed by atoms with Gasteiger partial charge in [-0.1, -0.05) is 64.0 Å². The summed E-state index contributed by atoms with van der Waals surface area (Å²) in [5.41, 5.74) is 3.90. The first-order valence-corrected chi connectivity index (χ1v) is 14.2. The van der Waals surface area contributed by atoms with E-state index in [0.29, 0.717) is 23.9 Å². The number of rotatable bonds is 9. The third-order valence-corrected chi connectivity index (χ3v) is 7.96. The van der Waals surface area contributed by atoms with E-state index in [9.17, 15) is 9.59 Å². The Bertz CT molecular complexity index is 1270. The van der Waals surface area contributed by atoms with Crippen molar-refractivity contribution in [2.75, 3.05) is 11.9 Å². The highest BCUT2D eigenvalue weighted by Gasteiger charge is 2.34. The molecule has 0 spiro atoms. The maximum atomic E-state index is 13.7. The third kappa shape index (κ3) is 7.46. The topological polar surface area (TPSA) is 113 Å². The number of tetrazole rings is 1. The number of ether oxygens (including phenoxy) is 1. The number of aryl methyl sites for hydroxylation is 1. The van der Waals surface area contributed by atoms with Crippen molar-refractivity contribution in [1.29, 1.82) is 0 Å². The zero-order chi connectivity index (χ0) is 28.9. The van der Waals surface area contributed by atoms with Gasteiger partial charge >= 0.3 is 0 Å². The summed E-state index contributed by atoms with van der Waals surface area (Å²) < 4.78 is 6.16. The van der Waals surface area contributed by atoms with Crippen molar-refractivity contribution < 1.29 is 14.3 Å². The molecule has 9 nitrogen and oxygen atoms in total. The number of aromatic nitrogens is 4. The average Bonchev–Trinajstić information content (AvgIpc) is 3.43. The Kier molecular flexibility index (Phi) is 9.22. The molecule has 0 radical (unpaired) electrons. The molecule has 2 N–H and O–H groups in total. The number of H-pyrrole nitrogens is 1. The molecular weight excluding hydrogens is 504 g/mol. The van der Waals surface area contributed by atoms with E-state index < -0.39 is 0 Å². The monoisotopic (exact) mass is 546 g/mol. The normalized spacial score (nSPS) is 17.5. The zero-order valence-corrected chi connectivity index (χ0v) is 24.5. The van der Waals surface area contributed by atoms with Gasteiger partial charge in [-0.05, 0) is 90.0 Å². The molecule has 0 bridgehead atoms.